The summed E-state index contributed by atoms with van der Waals surface area (Å²) in [5, 5.41) is 0. The number of nitrogens with one attached hydrogen (secondary N) is 1. The Morgan fingerprint density at radius 1 is 1.57 bits per heavy atom. The third-order valence-corrected chi connectivity index (χ3v) is 3.22. The van der Waals surface area contributed by atoms with Crippen LogP contribution in [0, 0.1) is 5.92 Å². The Morgan fingerprint density at radius 3 is 2.86 bits per heavy atom. The minimum atomic E-state index is 0.388. The van der Waals surface area contributed by atoms with Gasteiger partial charge in [-0.25, -0.2) is 0 Å². The lowest BCUT2D eigenvalue weighted by Crippen LogP contribution is -2.29. The number of likely N-dealkylation sites (N-methyl/N-ethyl adjacent to an activating group) is 1. The van der Waals surface area contributed by atoms with Gasteiger partial charge in [-0.3, -0.25) is 4.90 Å². The topological polar surface area (TPSA) is 24.5 Å². The standard InChI is InChI=1S/C11H20N2O/c1-8(2)9-7-11(14-12-9)10-5-4-6-13(10)3/h7-10,12H,4-6H2,1-3H3. The fourth-order valence-electron chi connectivity index (χ4n) is 2.16. The first kappa shape index (κ1) is 9.99. The van der Waals surface area contributed by atoms with Crippen LogP contribution < -0.4 is 5.48 Å². The minimum Gasteiger partial charge on any atom is -0.411 e. The fraction of sp³-hybridized carbons (Fsp3) is 0.818. The van der Waals surface area contributed by atoms with E-state index in [4.69, 9.17) is 4.84 Å². The Labute approximate surface area is 86.1 Å². The smallest absolute Gasteiger partial charge is 0.139 e. The Balaban J connectivity index is 2.02. The molecule has 2 rings (SSSR count). The van der Waals surface area contributed by atoms with E-state index in [2.05, 4.69) is 37.4 Å². The van der Waals surface area contributed by atoms with Crippen molar-refractivity contribution in [2.75, 3.05) is 13.6 Å². The molecule has 0 saturated carbocycles. The van der Waals surface area contributed by atoms with E-state index in [1.54, 1.807) is 0 Å². The van der Waals surface area contributed by atoms with Gasteiger partial charge in [0.25, 0.3) is 0 Å². The van der Waals surface area contributed by atoms with E-state index in [0.717, 1.165) is 5.76 Å². The summed E-state index contributed by atoms with van der Waals surface area (Å²) in [5.74, 6) is 1.72. The van der Waals surface area contributed by atoms with Gasteiger partial charge in [0.15, 0.2) is 0 Å². The highest BCUT2D eigenvalue weighted by atomic mass is 16.7. The molecule has 2 unspecified atom stereocenters. The summed E-state index contributed by atoms with van der Waals surface area (Å²) in [6.45, 7) is 5.61. The predicted octanol–water partition coefficient (Wildman–Crippen LogP) is 1.52. The van der Waals surface area contributed by atoms with E-state index >= 15 is 0 Å². The van der Waals surface area contributed by atoms with Crippen molar-refractivity contribution >= 4 is 0 Å². The molecule has 3 heteroatoms. The second-order valence-corrected chi connectivity index (χ2v) is 4.70. The van der Waals surface area contributed by atoms with Crippen molar-refractivity contribution < 1.29 is 4.84 Å². The largest absolute Gasteiger partial charge is 0.411 e. The van der Waals surface area contributed by atoms with Crippen molar-refractivity contribution in [1.29, 1.82) is 0 Å². The number of hydrogen-bond acceptors (Lipinski definition) is 3. The third-order valence-electron chi connectivity index (χ3n) is 3.22. The number of likely N-dealkylation sites (tertiary alicyclic amines) is 1. The quantitative estimate of drug-likeness (QED) is 0.725. The summed E-state index contributed by atoms with van der Waals surface area (Å²) in [6.07, 6.45) is 4.76. The van der Waals surface area contributed by atoms with Crippen LogP contribution in [-0.2, 0) is 4.84 Å². The summed E-state index contributed by atoms with van der Waals surface area (Å²) in [7, 11) is 2.17. The van der Waals surface area contributed by atoms with Crippen LogP contribution in [0.2, 0.25) is 0 Å². The molecule has 1 fully saturated rings. The first-order valence-electron chi connectivity index (χ1n) is 5.53. The highest BCUT2D eigenvalue weighted by Crippen LogP contribution is 2.26. The molecule has 0 aromatic rings. The van der Waals surface area contributed by atoms with Crippen molar-refractivity contribution in [2.24, 2.45) is 5.92 Å². The fourth-order valence-corrected chi connectivity index (χ4v) is 2.16. The van der Waals surface area contributed by atoms with E-state index < -0.39 is 0 Å². The monoisotopic (exact) mass is 196 g/mol. The van der Waals surface area contributed by atoms with Crippen LogP contribution in [0.15, 0.2) is 11.8 Å². The molecule has 2 heterocycles. The molecular formula is C11H20N2O. The van der Waals surface area contributed by atoms with Gasteiger partial charge >= 0.3 is 0 Å². The van der Waals surface area contributed by atoms with E-state index in [9.17, 15) is 0 Å². The Morgan fingerprint density at radius 2 is 2.36 bits per heavy atom. The molecule has 0 amide bonds. The lowest BCUT2D eigenvalue weighted by molar-refractivity contribution is 0.0787. The summed E-state index contributed by atoms with van der Waals surface area (Å²) in [5.41, 5.74) is 3.08. The van der Waals surface area contributed by atoms with Gasteiger partial charge in [-0.2, -0.15) is 0 Å². The van der Waals surface area contributed by atoms with E-state index in [0.29, 0.717) is 18.0 Å². The molecule has 80 valence electrons. The number of hydrogen-bond donors (Lipinski definition) is 1. The zero-order valence-electron chi connectivity index (χ0n) is 9.29. The van der Waals surface area contributed by atoms with Gasteiger partial charge in [0.2, 0.25) is 0 Å². The second-order valence-electron chi connectivity index (χ2n) is 4.70. The predicted molar refractivity (Wildman–Crippen MR) is 56.6 cm³/mol. The van der Waals surface area contributed by atoms with Crippen molar-refractivity contribution in [2.45, 2.75) is 38.8 Å². The van der Waals surface area contributed by atoms with Crippen molar-refractivity contribution in [3.05, 3.63) is 11.8 Å². The molecule has 1 N–H and O–H groups in total. The molecule has 0 aliphatic carbocycles. The van der Waals surface area contributed by atoms with Crippen LogP contribution in [0.25, 0.3) is 0 Å². The van der Waals surface area contributed by atoms with Crippen LogP contribution in [0.4, 0.5) is 0 Å². The van der Waals surface area contributed by atoms with Crippen LogP contribution in [0.3, 0.4) is 0 Å². The first-order chi connectivity index (χ1) is 6.68. The highest BCUT2D eigenvalue weighted by molar-refractivity contribution is 5.13. The number of hydroxylamine groups is 1. The molecule has 2 atom stereocenters. The molecule has 1 saturated heterocycles. The maximum absolute atomic E-state index is 5.55. The maximum atomic E-state index is 5.55. The first-order valence-corrected chi connectivity index (χ1v) is 5.53. The molecule has 0 bridgehead atoms. The van der Waals surface area contributed by atoms with E-state index in [1.807, 2.05) is 0 Å². The third kappa shape index (κ3) is 1.79. The highest BCUT2D eigenvalue weighted by Gasteiger charge is 2.31. The normalized spacial score (nSPS) is 33.6. The molecule has 3 nitrogen and oxygen atoms in total. The zero-order valence-corrected chi connectivity index (χ0v) is 9.29. The van der Waals surface area contributed by atoms with Gasteiger partial charge in [0.1, 0.15) is 5.76 Å². The van der Waals surface area contributed by atoms with Crippen LogP contribution in [-0.4, -0.2) is 30.6 Å². The van der Waals surface area contributed by atoms with Gasteiger partial charge < -0.3 is 4.84 Å². The van der Waals surface area contributed by atoms with Crippen LogP contribution >= 0.6 is 0 Å². The molecule has 0 aromatic carbocycles. The van der Waals surface area contributed by atoms with Gasteiger partial charge in [-0.1, -0.05) is 13.8 Å². The number of rotatable bonds is 2. The lowest BCUT2D eigenvalue weighted by atomic mass is 10.0. The number of nitrogens with zero attached hydrogens (tertiary/aromatic N) is 1. The van der Waals surface area contributed by atoms with E-state index in [1.165, 1.54) is 19.4 Å². The van der Waals surface area contributed by atoms with Crippen molar-refractivity contribution in [1.82, 2.24) is 10.4 Å². The molecule has 2 aliphatic rings. The molecular weight excluding hydrogens is 176 g/mol. The Hall–Kier alpha value is -0.540. The van der Waals surface area contributed by atoms with Gasteiger partial charge in [-0.05, 0) is 38.4 Å². The minimum absolute atomic E-state index is 0.388. The Kier molecular flexibility index (Phi) is 2.79. The van der Waals surface area contributed by atoms with Gasteiger partial charge in [0.05, 0.1) is 12.1 Å². The lowest BCUT2D eigenvalue weighted by Gasteiger charge is -2.19. The SMILES string of the molecule is CC(C)C1C=C(C2CCCN2C)ON1. The Bertz CT molecular complexity index is 237. The van der Waals surface area contributed by atoms with Gasteiger partial charge in [0, 0.05) is 0 Å². The van der Waals surface area contributed by atoms with Crippen LogP contribution in [0.1, 0.15) is 26.7 Å². The average Bonchev–Trinajstić information content (AvgIpc) is 2.71. The van der Waals surface area contributed by atoms with E-state index in [-0.39, 0.29) is 0 Å². The second kappa shape index (κ2) is 3.91. The van der Waals surface area contributed by atoms with Crippen molar-refractivity contribution in [3.63, 3.8) is 0 Å². The van der Waals surface area contributed by atoms with Crippen LogP contribution in [0.5, 0.6) is 0 Å². The van der Waals surface area contributed by atoms with Crippen molar-refractivity contribution in [3.8, 4) is 0 Å². The summed E-state index contributed by atoms with van der Waals surface area (Å²) < 4.78 is 0. The summed E-state index contributed by atoms with van der Waals surface area (Å²) >= 11 is 0. The zero-order chi connectivity index (χ0) is 10.1. The molecule has 2 aliphatic heterocycles. The summed E-state index contributed by atoms with van der Waals surface area (Å²) in [4.78, 5) is 7.92. The molecule has 0 spiro atoms. The van der Waals surface area contributed by atoms with Gasteiger partial charge in [-0.15, -0.1) is 5.48 Å². The average molecular weight is 196 g/mol. The maximum Gasteiger partial charge on any atom is 0.139 e. The molecule has 0 radical (unpaired) electrons. The molecule has 0 aromatic heterocycles. The summed E-state index contributed by atoms with van der Waals surface area (Å²) in [6, 6.07) is 0.894. The molecule has 14 heavy (non-hydrogen) atoms.